The van der Waals surface area contributed by atoms with Gasteiger partial charge in [-0.3, -0.25) is 9.52 Å². The number of nitrogens with one attached hydrogen (secondary N) is 2. The molecule has 0 saturated heterocycles. The molecule has 2 aromatic carbocycles. The van der Waals surface area contributed by atoms with Gasteiger partial charge in [-0.05, 0) is 61.4 Å². The molecule has 0 unspecified atom stereocenters. The van der Waals surface area contributed by atoms with Gasteiger partial charge >= 0.3 is 0 Å². The first-order valence-electron chi connectivity index (χ1n) is 8.38. The number of pyridine rings is 1. The highest BCUT2D eigenvalue weighted by Gasteiger charge is 2.20. The van der Waals surface area contributed by atoms with Crippen LogP contribution in [0.15, 0.2) is 65.7 Å². The van der Waals surface area contributed by atoms with Gasteiger partial charge in [-0.15, -0.1) is 0 Å². The molecular formula is C20H18FN3O3S. The Bertz CT molecular complexity index is 1130. The highest BCUT2D eigenvalue weighted by atomic mass is 32.2. The molecule has 0 spiro atoms. The van der Waals surface area contributed by atoms with Gasteiger partial charge in [0.1, 0.15) is 11.6 Å². The first-order valence-corrected chi connectivity index (χ1v) is 9.86. The number of anilines is 2. The van der Waals surface area contributed by atoms with Gasteiger partial charge in [-0.2, -0.15) is 0 Å². The standard InChI is InChI=1S/C20H18FN3O3S/c1-13-7-10-19(22-12-13)23-20(25)16-5-3-4-6-17(16)24-28(26,27)18-9-8-15(21)11-14(18)2/h3-12,24H,1-2H3,(H,22,23,25). The Kier molecular flexibility index (Phi) is 5.41. The second-order valence-electron chi connectivity index (χ2n) is 6.24. The molecule has 0 bridgehead atoms. The van der Waals surface area contributed by atoms with Crippen LogP contribution < -0.4 is 10.0 Å². The summed E-state index contributed by atoms with van der Waals surface area (Å²) in [6.07, 6.45) is 1.61. The fourth-order valence-electron chi connectivity index (χ4n) is 2.61. The highest BCUT2D eigenvalue weighted by molar-refractivity contribution is 7.92. The highest BCUT2D eigenvalue weighted by Crippen LogP contribution is 2.23. The molecule has 28 heavy (non-hydrogen) atoms. The van der Waals surface area contributed by atoms with Crippen LogP contribution >= 0.6 is 0 Å². The topological polar surface area (TPSA) is 88.2 Å². The van der Waals surface area contributed by atoms with Crippen LogP contribution in [0.25, 0.3) is 0 Å². The molecule has 0 aliphatic carbocycles. The molecule has 6 nitrogen and oxygen atoms in total. The monoisotopic (exact) mass is 399 g/mol. The third-order valence-electron chi connectivity index (χ3n) is 4.00. The van der Waals surface area contributed by atoms with E-state index in [1.807, 2.05) is 6.92 Å². The Hall–Kier alpha value is -3.26. The average molecular weight is 399 g/mol. The fraction of sp³-hybridized carbons (Fsp3) is 0.100. The van der Waals surface area contributed by atoms with Crippen molar-refractivity contribution in [1.29, 1.82) is 0 Å². The van der Waals surface area contributed by atoms with E-state index in [1.165, 1.54) is 25.1 Å². The van der Waals surface area contributed by atoms with E-state index in [9.17, 15) is 17.6 Å². The molecule has 2 N–H and O–H groups in total. The van der Waals surface area contributed by atoms with Gasteiger partial charge in [0.15, 0.2) is 0 Å². The fourth-order valence-corrected chi connectivity index (χ4v) is 3.92. The summed E-state index contributed by atoms with van der Waals surface area (Å²) in [6.45, 7) is 3.37. The number of aryl methyl sites for hydroxylation is 2. The van der Waals surface area contributed by atoms with Gasteiger partial charge in [0, 0.05) is 6.20 Å². The molecule has 0 saturated carbocycles. The van der Waals surface area contributed by atoms with E-state index in [0.29, 0.717) is 5.82 Å². The minimum Gasteiger partial charge on any atom is -0.306 e. The molecule has 0 radical (unpaired) electrons. The second-order valence-corrected chi connectivity index (χ2v) is 7.89. The van der Waals surface area contributed by atoms with Crippen molar-refractivity contribution in [1.82, 2.24) is 4.98 Å². The van der Waals surface area contributed by atoms with Crippen molar-refractivity contribution in [3.63, 3.8) is 0 Å². The predicted molar refractivity (Wildman–Crippen MR) is 105 cm³/mol. The molecule has 0 aliphatic heterocycles. The van der Waals surface area contributed by atoms with E-state index in [1.54, 1.807) is 30.5 Å². The normalized spacial score (nSPS) is 11.1. The van der Waals surface area contributed by atoms with E-state index in [2.05, 4.69) is 15.0 Å². The SMILES string of the molecule is Cc1ccc(NC(=O)c2ccccc2NS(=O)(=O)c2ccc(F)cc2C)nc1. The van der Waals surface area contributed by atoms with Gasteiger partial charge < -0.3 is 5.32 Å². The molecule has 0 atom stereocenters. The van der Waals surface area contributed by atoms with Crippen molar-refractivity contribution in [2.45, 2.75) is 18.7 Å². The quantitative estimate of drug-likeness (QED) is 0.681. The number of para-hydroxylation sites is 1. The van der Waals surface area contributed by atoms with Crippen molar-refractivity contribution in [3.8, 4) is 0 Å². The summed E-state index contributed by atoms with van der Waals surface area (Å²) in [5.41, 5.74) is 1.45. The number of benzene rings is 2. The number of aromatic nitrogens is 1. The molecule has 3 rings (SSSR count). The van der Waals surface area contributed by atoms with Crippen molar-refractivity contribution < 1.29 is 17.6 Å². The largest absolute Gasteiger partial charge is 0.306 e. The molecular weight excluding hydrogens is 381 g/mol. The third kappa shape index (κ3) is 4.34. The first kappa shape index (κ1) is 19.5. The number of sulfonamides is 1. The van der Waals surface area contributed by atoms with Crippen molar-refractivity contribution >= 4 is 27.4 Å². The molecule has 1 aromatic heterocycles. The Morgan fingerprint density at radius 3 is 2.46 bits per heavy atom. The number of halogens is 1. The predicted octanol–water partition coefficient (Wildman–Crippen LogP) is 3.89. The molecule has 144 valence electrons. The van der Waals surface area contributed by atoms with Crippen LogP contribution in [0.1, 0.15) is 21.5 Å². The minimum atomic E-state index is -4.01. The lowest BCUT2D eigenvalue weighted by atomic mass is 10.1. The van der Waals surface area contributed by atoms with Crippen molar-refractivity contribution in [3.05, 3.63) is 83.3 Å². The zero-order valence-corrected chi connectivity index (χ0v) is 16.0. The summed E-state index contributed by atoms with van der Waals surface area (Å²) in [5, 5.41) is 2.64. The van der Waals surface area contributed by atoms with Gasteiger partial charge in [0.25, 0.3) is 15.9 Å². The Labute approximate surface area is 162 Å². The Morgan fingerprint density at radius 1 is 1.04 bits per heavy atom. The van der Waals surface area contributed by atoms with Crippen LogP contribution in [0.4, 0.5) is 15.9 Å². The lowest BCUT2D eigenvalue weighted by molar-refractivity contribution is 0.102. The number of nitrogens with zero attached hydrogens (tertiary/aromatic N) is 1. The lowest BCUT2D eigenvalue weighted by Crippen LogP contribution is -2.19. The molecule has 8 heteroatoms. The van der Waals surface area contributed by atoms with Gasteiger partial charge in [0.05, 0.1) is 16.1 Å². The van der Waals surface area contributed by atoms with E-state index >= 15 is 0 Å². The Morgan fingerprint density at radius 2 is 1.79 bits per heavy atom. The summed E-state index contributed by atoms with van der Waals surface area (Å²) in [6, 6.07) is 13.1. The number of carbonyl (C=O) groups excluding carboxylic acids is 1. The van der Waals surface area contributed by atoms with Crippen LogP contribution in [-0.2, 0) is 10.0 Å². The maximum atomic E-state index is 13.3. The van der Waals surface area contributed by atoms with E-state index in [0.717, 1.165) is 17.7 Å². The number of amides is 1. The van der Waals surface area contributed by atoms with Crippen LogP contribution in [-0.4, -0.2) is 19.3 Å². The Balaban J connectivity index is 1.89. The first-order chi connectivity index (χ1) is 13.3. The summed E-state index contributed by atoms with van der Waals surface area (Å²) in [5.74, 6) is -0.685. The van der Waals surface area contributed by atoms with Gasteiger partial charge in [0.2, 0.25) is 0 Å². The molecule has 0 aliphatic rings. The van der Waals surface area contributed by atoms with Crippen LogP contribution in [0, 0.1) is 19.7 Å². The zero-order valence-electron chi connectivity index (χ0n) is 15.2. The smallest absolute Gasteiger partial charge is 0.262 e. The minimum absolute atomic E-state index is 0.0655. The van der Waals surface area contributed by atoms with Crippen LogP contribution in [0.3, 0.4) is 0 Å². The van der Waals surface area contributed by atoms with E-state index in [4.69, 9.17) is 0 Å². The summed E-state index contributed by atoms with van der Waals surface area (Å²) < 4.78 is 41.2. The third-order valence-corrected chi connectivity index (χ3v) is 5.52. The number of carbonyl (C=O) groups is 1. The van der Waals surface area contributed by atoms with E-state index < -0.39 is 21.7 Å². The number of hydrogen-bond donors (Lipinski definition) is 2. The van der Waals surface area contributed by atoms with Gasteiger partial charge in [-0.1, -0.05) is 18.2 Å². The zero-order chi connectivity index (χ0) is 20.3. The van der Waals surface area contributed by atoms with Crippen molar-refractivity contribution in [2.75, 3.05) is 10.0 Å². The van der Waals surface area contributed by atoms with Crippen LogP contribution in [0.5, 0.6) is 0 Å². The average Bonchev–Trinajstić information content (AvgIpc) is 2.63. The summed E-state index contributed by atoms with van der Waals surface area (Å²) in [4.78, 5) is 16.7. The second kappa shape index (κ2) is 7.77. The van der Waals surface area contributed by atoms with E-state index in [-0.39, 0.29) is 21.7 Å². The molecule has 3 aromatic rings. The maximum absolute atomic E-state index is 13.3. The number of rotatable bonds is 5. The molecule has 1 amide bonds. The maximum Gasteiger partial charge on any atom is 0.262 e. The molecule has 1 heterocycles. The number of hydrogen-bond acceptors (Lipinski definition) is 4. The van der Waals surface area contributed by atoms with Gasteiger partial charge in [-0.25, -0.2) is 17.8 Å². The summed E-state index contributed by atoms with van der Waals surface area (Å²) >= 11 is 0. The van der Waals surface area contributed by atoms with Crippen molar-refractivity contribution in [2.24, 2.45) is 0 Å². The summed E-state index contributed by atoms with van der Waals surface area (Å²) in [7, 11) is -4.01. The molecule has 0 fully saturated rings. The van der Waals surface area contributed by atoms with Crippen LogP contribution in [0.2, 0.25) is 0 Å². The lowest BCUT2D eigenvalue weighted by Gasteiger charge is -2.14.